The fourth-order valence-corrected chi connectivity index (χ4v) is 9.28. The SMILES string of the molecule is O=C(COC12CC3CC(C1)CC(OC(=O)C(F)(F)S(=O)(=O)O)(C3)C2)OC12CC3CC(C1)C(=O)C(C3)C2. The Hall–Kier alpha value is -1.66. The smallest absolute Gasteiger partial charge is 0.457 e. The summed E-state index contributed by atoms with van der Waals surface area (Å²) in [6.07, 6.45) is 6.25. The molecule has 0 aromatic rings. The quantitative estimate of drug-likeness (QED) is 0.388. The first kappa shape index (κ1) is 24.7. The molecule has 8 saturated carbocycles. The summed E-state index contributed by atoms with van der Waals surface area (Å²) in [4.78, 5) is 37.4. The van der Waals surface area contributed by atoms with Crippen molar-refractivity contribution in [3.63, 3.8) is 0 Å². The van der Waals surface area contributed by atoms with Gasteiger partial charge in [-0.2, -0.15) is 17.2 Å². The Morgan fingerprint density at radius 1 is 0.861 bits per heavy atom. The molecule has 36 heavy (non-hydrogen) atoms. The molecule has 0 aliphatic heterocycles. The molecule has 200 valence electrons. The number of ether oxygens (including phenoxy) is 3. The lowest BCUT2D eigenvalue weighted by atomic mass is 9.52. The Kier molecular flexibility index (Phi) is 5.27. The van der Waals surface area contributed by atoms with E-state index in [1.54, 1.807) is 0 Å². The Morgan fingerprint density at radius 3 is 2.00 bits per heavy atom. The second-order valence-corrected chi connectivity index (χ2v) is 13.9. The van der Waals surface area contributed by atoms with E-state index in [0.29, 0.717) is 50.2 Å². The van der Waals surface area contributed by atoms with Gasteiger partial charge >= 0.3 is 27.3 Å². The van der Waals surface area contributed by atoms with Crippen LogP contribution in [-0.4, -0.2) is 59.4 Å². The molecule has 0 aromatic carbocycles. The van der Waals surface area contributed by atoms with Crippen molar-refractivity contribution in [2.45, 2.75) is 92.7 Å². The van der Waals surface area contributed by atoms with Crippen LogP contribution in [0.2, 0.25) is 0 Å². The Balaban J connectivity index is 1.12. The molecule has 8 aliphatic rings. The topological polar surface area (TPSA) is 133 Å². The minimum Gasteiger partial charge on any atom is -0.457 e. The standard InChI is InChI=1S/C24H30F2O9S/c25-24(26,36(30,31)32)20(29)35-23-7-14-1-15(8-23)6-22(5-14,12-23)33-11-18(27)34-21-4-13-2-16(9-21)19(28)17(3-13)10-21/h13-17H,1-12H2,(H,30,31,32). The number of rotatable bonds is 7. The number of carbonyl (C=O) groups is 3. The number of carbonyl (C=O) groups excluding carboxylic acids is 3. The van der Waals surface area contributed by atoms with Crippen LogP contribution in [0.25, 0.3) is 0 Å². The van der Waals surface area contributed by atoms with Gasteiger partial charge in [-0.15, -0.1) is 0 Å². The van der Waals surface area contributed by atoms with Crippen molar-refractivity contribution >= 4 is 27.8 Å². The third-order valence-electron chi connectivity index (χ3n) is 9.59. The van der Waals surface area contributed by atoms with Crippen LogP contribution in [0.4, 0.5) is 8.78 Å². The van der Waals surface area contributed by atoms with Crippen LogP contribution in [0.15, 0.2) is 0 Å². The van der Waals surface area contributed by atoms with Gasteiger partial charge in [-0.25, -0.2) is 9.59 Å². The zero-order valence-electron chi connectivity index (χ0n) is 19.7. The van der Waals surface area contributed by atoms with E-state index >= 15 is 0 Å². The largest absolute Gasteiger partial charge is 0.465 e. The lowest BCUT2D eigenvalue weighted by molar-refractivity contribution is -0.244. The highest BCUT2D eigenvalue weighted by atomic mass is 32.2. The van der Waals surface area contributed by atoms with E-state index in [1.807, 2.05) is 0 Å². The molecule has 8 aliphatic carbocycles. The molecule has 0 radical (unpaired) electrons. The third-order valence-corrected chi connectivity index (χ3v) is 10.4. The Labute approximate surface area is 207 Å². The lowest BCUT2D eigenvalue weighted by Gasteiger charge is -2.60. The molecule has 4 atom stereocenters. The van der Waals surface area contributed by atoms with Gasteiger partial charge in [-0.1, -0.05) is 0 Å². The first-order valence-electron chi connectivity index (χ1n) is 12.7. The van der Waals surface area contributed by atoms with Gasteiger partial charge in [0.25, 0.3) is 0 Å². The predicted octanol–water partition coefficient (Wildman–Crippen LogP) is 2.81. The van der Waals surface area contributed by atoms with Crippen LogP contribution >= 0.6 is 0 Å². The number of Topliss-reactive ketones (excluding diaryl/α,β-unsaturated/α-hetero) is 1. The summed E-state index contributed by atoms with van der Waals surface area (Å²) >= 11 is 0. The first-order valence-corrected chi connectivity index (χ1v) is 14.1. The number of esters is 2. The summed E-state index contributed by atoms with van der Waals surface area (Å²) in [5.41, 5.74) is -2.82. The molecular weight excluding hydrogens is 502 g/mol. The van der Waals surface area contributed by atoms with E-state index in [-0.39, 0.29) is 36.7 Å². The van der Waals surface area contributed by atoms with Gasteiger partial charge in [0.05, 0.1) is 5.60 Å². The number of hydrogen-bond donors (Lipinski definition) is 1. The van der Waals surface area contributed by atoms with Crippen molar-refractivity contribution in [2.24, 2.45) is 29.6 Å². The Morgan fingerprint density at radius 2 is 1.42 bits per heavy atom. The summed E-state index contributed by atoms with van der Waals surface area (Å²) in [7, 11) is -5.97. The molecule has 8 rings (SSSR count). The minimum absolute atomic E-state index is 0.0172. The van der Waals surface area contributed by atoms with Gasteiger partial charge in [-0.3, -0.25) is 9.35 Å². The lowest BCUT2D eigenvalue weighted by Crippen LogP contribution is -2.62. The highest BCUT2D eigenvalue weighted by Crippen LogP contribution is 2.61. The van der Waals surface area contributed by atoms with Crippen LogP contribution in [0.5, 0.6) is 0 Å². The molecule has 1 N–H and O–H groups in total. The van der Waals surface area contributed by atoms with E-state index < -0.39 is 44.1 Å². The zero-order chi connectivity index (χ0) is 25.7. The van der Waals surface area contributed by atoms with Crippen molar-refractivity contribution < 1.29 is 50.3 Å². The maximum Gasteiger partial charge on any atom is 0.465 e. The molecule has 8 bridgehead atoms. The fourth-order valence-electron chi connectivity index (χ4n) is 9.03. The highest BCUT2D eigenvalue weighted by molar-refractivity contribution is 7.87. The second kappa shape index (κ2) is 7.69. The van der Waals surface area contributed by atoms with Crippen molar-refractivity contribution in [2.75, 3.05) is 6.61 Å². The number of ketones is 1. The molecule has 4 unspecified atom stereocenters. The van der Waals surface area contributed by atoms with Crippen LogP contribution < -0.4 is 0 Å². The van der Waals surface area contributed by atoms with Crippen LogP contribution in [0.3, 0.4) is 0 Å². The molecule has 0 spiro atoms. The van der Waals surface area contributed by atoms with E-state index in [9.17, 15) is 31.6 Å². The third kappa shape index (κ3) is 3.89. The minimum atomic E-state index is -5.97. The summed E-state index contributed by atoms with van der Waals surface area (Å²) in [5.74, 6) is -2.17. The average molecular weight is 533 g/mol. The van der Waals surface area contributed by atoms with E-state index in [2.05, 4.69) is 0 Å². The first-order chi connectivity index (χ1) is 16.7. The molecule has 12 heteroatoms. The number of alkyl halides is 2. The number of halogens is 2. The van der Waals surface area contributed by atoms with Crippen LogP contribution in [-0.2, 0) is 38.7 Å². The molecule has 0 saturated heterocycles. The molecular formula is C24H30F2O9S. The molecule has 0 aromatic heterocycles. The van der Waals surface area contributed by atoms with Gasteiger partial charge < -0.3 is 14.2 Å². The van der Waals surface area contributed by atoms with Crippen molar-refractivity contribution in [1.82, 2.24) is 0 Å². The van der Waals surface area contributed by atoms with Crippen LogP contribution in [0, 0.1) is 29.6 Å². The predicted molar refractivity (Wildman–Crippen MR) is 116 cm³/mol. The van der Waals surface area contributed by atoms with E-state index in [1.165, 1.54) is 0 Å². The molecule has 9 nitrogen and oxygen atoms in total. The maximum absolute atomic E-state index is 13.9. The zero-order valence-corrected chi connectivity index (χ0v) is 20.6. The molecule has 8 fully saturated rings. The van der Waals surface area contributed by atoms with E-state index in [0.717, 1.165) is 25.7 Å². The molecule has 0 heterocycles. The van der Waals surface area contributed by atoms with Gasteiger partial charge in [0, 0.05) is 18.3 Å². The summed E-state index contributed by atoms with van der Waals surface area (Å²) in [6, 6.07) is 0. The highest BCUT2D eigenvalue weighted by Gasteiger charge is 2.64. The Bertz CT molecular complexity index is 1090. The van der Waals surface area contributed by atoms with Crippen molar-refractivity contribution in [1.29, 1.82) is 0 Å². The van der Waals surface area contributed by atoms with Gasteiger partial charge in [0.1, 0.15) is 23.6 Å². The fraction of sp³-hybridized carbons (Fsp3) is 0.875. The van der Waals surface area contributed by atoms with Crippen LogP contribution in [0.1, 0.15) is 70.6 Å². The maximum atomic E-state index is 13.9. The molecule has 0 amide bonds. The van der Waals surface area contributed by atoms with Gasteiger partial charge in [-0.05, 0) is 82.0 Å². The van der Waals surface area contributed by atoms with E-state index in [4.69, 9.17) is 18.8 Å². The van der Waals surface area contributed by atoms with Crippen molar-refractivity contribution in [3.8, 4) is 0 Å². The normalized spacial score (nSPS) is 44.6. The average Bonchev–Trinajstić information content (AvgIpc) is 2.73. The second-order valence-electron chi connectivity index (χ2n) is 12.4. The van der Waals surface area contributed by atoms with Crippen molar-refractivity contribution in [3.05, 3.63) is 0 Å². The summed E-state index contributed by atoms with van der Waals surface area (Å²) in [6.45, 7) is -0.333. The summed E-state index contributed by atoms with van der Waals surface area (Å²) < 4.78 is 75.8. The van der Waals surface area contributed by atoms with Gasteiger partial charge in [0.15, 0.2) is 0 Å². The number of hydrogen-bond acceptors (Lipinski definition) is 8. The van der Waals surface area contributed by atoms with Gasteiger partial charge in [0.2, 0.25) is 0 Å². The summed E-state index contributed by atoms with van der Waals surface area (Å²) in [5, 5.41) is -5.06. The monoisotopic (exact) mass is 532 g/mol.